The Hall–Kier alpha value is -0.780. The van der Waals surface area contributed by atoms with Crippen molar-refractivity contribution in [2.45, 2.75) is 13.0 Å². The monoisotopic (exact) mass is 225 g/mol. The van der Waals surface area contributed by atoms with Crippen LogP contribution >= 0.6 is 22.9 Å². The summed E-state index contributed by atoms with van der Waals surface area (Å²) in [5, 5.41) is 13.7. The van der Waals surface area contributed by atoms with Crippen LogP contribution in [-0.4, -0.2) is 16.1 Å². The Bertz CT molecular complexity index is 321. The van der Waals surface area contributed by atoms with E-state index in [-0.39, 0.29) is 6.04 Å². The Kier molecular flexibility index (Phi) is 3.23. The van der Waals surface area contributed by atoms with Crippen molar-refractivity contribution in [3.63, 3.8) is 0 Å². The Morgan fingerprint density at radius 1 is 1.50 bits per heavy atom. The lowest BCUT2D eigenvalue weighted by Gasteiger charge is -2.13. The second-order valence-corrected chi connectivity index (χ2v) is 4.27. The molecule has 0 bridgehead atoms. The number of thiophene rings is 1. The van der Waals surface area contributed by atoms with Crippen molar-refractivity contribution in [1.82, 2.24) is 14.9 Å². The number of nitrogens with zero attached hydrogens (tertiary/aromatic N) is 2. The van der Waals surface area contributed by atoms with Crippen molar-refractivity contribution in [3.8, 4) is 0 Å². The Morgan fingerprint density at radius 2 is 2.43 bits per heavy atom. The molecule has 1 unspecified atom stereocenters. The number of hydrogen-bond acceptors (Lipinski definition) is 5. The minimum atomic E-state index is 0.199. The second kappa shape index (κ2) is 4.63. The highest BCUT2D eigenvalue weighted by molar-refractivity contribution is 7.08. The lowest BCUT2D eigenvalue weighted by atomic mass is 10.1. The maximum Gasteiger partial charge on any atom is 0.0970 e. The van der Waals surface area contributed by atoms with Gasteiger partial charge in [0.15, 0.2) is 0 Å². The van der Waals surface area contributed by atoms with Crippen LogP contribution in [0.5, 0.6) is 0 Å². The summed E-state index contributed by atoms with van der Waals surface area (Å²) >= 11 is 3.10. The number of nitrogens with one attached hydrogen (secondary N) is 1. The van der Waals surface area contributed by atoms with E-state index in [1.165, 1.54) is 17.1 Å². The summed E-state index contributed by atoms with van der Waals surface area (Å²) in [6, 6.07) is 2.32. The SMILES string of the molecule is CCNC(c1ccsc1)c1csnn1. The van der Waals surface area contributed by atoms with E-state index in [2.05, 4.69) is 38.7 Å². The molecule has 2 aromatic rings. The molecular weight excluding hydrogens is 214 g/mol. The van der Waals surface area contributed by atoms with Gasteiger partial charge in [0.05, 0.1) is 11.7 Å². The standard InChI is InChI=1S/C9H11N3S2/c1-2-10-9(7-3-4-13-5-7)8-6-14-12-11-8/h3-6,9-10H,2H2,1H3. The molecule has 0 spiro atoms. The molecule has 1 N–H and O–H groups in total. The molecule has 2 rings (SSSR count). The van der Waals surface area contributed by atoms with Crippen LogP contribution in [0.2, 0.25) is 0 Å². The lowest BCUT2D eigenvalue weighted by molar-refractivity contribution is 0.615. The third-order valence-electron chi connectivity index (χ3n) is 1.96. The minimum absolute atomic E-state index is 0.199. The van der Waals surface area contributed by atoms with Gasteiger partial charge < -0.3 is 5.32 Å². The topological polar surface area (TPSA) is 37.8 Å². The Labute approximate surface area is 91.0 Å². The van der Waals surface area contributed by atoms with E-state index >= 15 is 0 Å². The van der Waals surface area contributed by atoms with Gasteiger partial charge in [-0.25, -0.2) is 0 Å². The van der Waals surface area contributed by atoms with Crippen LogP contribution in [0.4, 0.5) is 0 Å². The van der Waals surface area contributed by atoms with Crippen LogP contribution < -0.4 is 5.32 Å². The Morgan fingerprint density at radius 3 is 3.00 bits per heavy atom. The van der Waals surface area contributed by atoms with Gasteiger partial charge in [0.25, 0.3) is 0 Å². The average molecular weight is 225 g/mol. The molecule has 5 heteroatoms. The van der Waals surface area contributed by atoms with Crippen molar-refractivity contribution in [2.75, 3.05) is 6.54 Å². The summed E-state index contributed by atoms with van der Waals surface area (Å²) in [7, 11) is 0. The van der Waals surface area contributed by atoms with E-state index < -0.39 is 0 Å². The highest BCUT2D eigenvalue weighted by Crippen LogP contribution is 2.22. The summed E-state index contributed by atoms with van der Waals surface area (Å²) < 4.78 is 3.89. The van der Waals surface area contributed by atoms with Gasteiger partial charge in [-0.05, 0) is 40.5 Å². The molecule has 2 aromatic heterocycles. The van der Waals surface area contributed by atoms with E-state index in [0.29, 0.717) is 0 Å². The summed E-state index contributed by atoms with van der Waals surface area (Å²) in [6.45, 7) is 3.03. The van der Waals surface area contributed by atoms with Gasteiger partial charge in [-0.1, -0.05) is 11.4 Å². The fourth-order valence-electron chi connectivity index (χ4n) is 1.33. The normalized spacial score (nSPS) is 12.9. The minimum Gasteiger partial charge on any atom is -0.305 e. The second-order valence-electron chi connectivity index (χ2n) is 2.88. The van der Waals surface area contributed by atoms with Crippen molar-refractivity contribution >= 4 is 22.9 Å². The van der Waals surface area contributed by atoms with Gasteiger partial charge in [-0.3, -0.25) is 0 Å². The van der Waals surface area contributed by atoms with Crippen LogP contribution in [0.25, 0.3) is 0 Å². The van der Waals surface area contributed by atoms with Crippen LogP contribution in [-0.2, 0) is 0 Å². The fraction of sp³-hybridized carbons (Fsp3) is 0.333. The van der Waals surface area contributed by atoms with E-state index in [0.717, 1.165) is 12.2 Å². The zero-order chi connectivity index (χ0) is 9.80. The summed E-state index contributed by atoms with van der Waals surface area (Å²) in [5.74, 6) is 0. The molecule has 2 heterocycles. The first-order valence-electron chi connectivity index (χ1n) is 4.44. The van der Waals surface area contributed by atoms with E-state index in [4.69, 9.17) is 0 Å². The quantitative estimate of drug-likeness (QED) is 0.867. The maximum absolute atomic E-state index is 4.10. The predicted molar refractivity (Wildman–Crippen MR) is 59.7 cm³/mol. The molecule has 1 atom stereocenters. The third kappa shape index (κ3) is 2.00. The van der Waals surface area contributed by atoms with Crippen molar-refractivity contribution in [1.29, 1.82) is 0 Å². The van der Waals surface area contributed by atoms with Crippen LogP contribution in [0.3, 0.4) is 0 Å². The third-order valence-corrected chi connectivity index (χ3v) is 3.18. The molecule has 0 aliphatic rings. The predicted octanol–water partition coefficient (Wildman–Crippen LogP) is 2.30. The average Bonchev–Trinajstić information content (AvgIpc) is 2.87. The van der Waals surface area contributed by atoms with Gasteiger partial charge in [-0.15, -0.1) is 5.10 Å². The molecule has 0 aromatic carbocycles. The first-order valence-corrected chi connectivity index (χ1v) is 6.22. The molecule has 0 radical (unpaired) electrons. The summed E-state index contributed by atoms with van der Waals surface area (Å²) in [4.78, 5) is 0. The molecule has 3 nitrogen and oxygen atoms in total. The molecule has 0 aliphatic carbocycles. The Balaban J connectivity index is 2.25. The molecule has 0 saturated carbocycles. The lowest BCUT2D eigenvalue weighted by Crippen LogP contribution is -2.21. The molecule has 74 valence electrons. The van der Waals surface area contributed by atoms with Crippen molar-refractivity contribution < 1.29 is 0 Å². The van der Waals surface area contributed by atoms with Gasteiger partial charge in [0.2, 0.25) is 0 Å². The molecular formula is C9H11N3S2. The number of aromatic nitrogens is 2. The highest BCUT2D eigenvalue weighted by atomic mass is 32.1. The maximum atomic E-state index is 4.10. The van der Waals surface area contributed by atoms with Crippen LogP contribution in [0, 0.1) is 0 Å². The number of rotatable bonds is 4. The highest BCUT2D eigenvalue weighted by Gasteiger charge is 2.15. The first kappa shape index (κ1) is 9.76. The van der Waals surface area contributed by atoms with Crippen LogP contribution in [0.15, 0.2) is 22.2 Å². The molecule has 0 aliphatic heterocycles. The van der Waals surface area contributed by atoms with Gasteiger partial charge in [-0.2, -0.15) is 11.3 Å². The largest absolute Gasteiger partial charge is 0.305 e. The van der Waals surface area contributed by atoms with E-state index in [1.54, 1.807) is 11.3 Å². The van der Waals surface area contributed by atoms with Gasteiger partial charge in [0, 0.05) is 5.38 Å². The van der Waals surface area contributed by atoms with E-state index in [1.807, 2.05) is 5.38 Å². The number of hydrogen-bond donors (Lipinski definition) is 1. The smallest absolute Gasteiger partial charge is 0.0970 e. The molecule has 0 fully saturated rings. The van der Waals surface area contributed by atoms with Crippen molar-refractivity contribution in [3.05, 3.63) is 33.5 Å². The van der Waals surface area contributed by atoms with Gasteiger partial charge >= 0.3 is 0 Å². The first-order chi connectivity index (χ1) is 6.92. The molecule has 0 saturated heterocycles. The molecule has 14 heavy (non-hydrogen) atoms. The van der Waals surface area contributed by atoms with E-state index in [9.17, 15) is 0 Å². The van der Waals surface area contributed by atoms with Gasteiger partial charge in [0.1, 0.15) is 0 Å². The van der Waals surface area contributed by atoms with Crippen LogP contribution in [0.1, 0.15) is 24.2 Å². The summed E-state index contributed by atoms with van der Waals surface area (Å²) in [5.41, 5.74) is 2.28. The molecule has 0 amide bonds. The zero-order valence-electron chi connectivity index (χ0n) is 7.80. The van der Waals surface area contributed by atoms with Crippen molar-refractivity contribution in [2.24, 2.45) is 0 Å². The fourth-order valence-corrected chi connectivity index (χ4v) is 2.50. The summed E-state index contributed by atoms with van der Waals surface area (Å²) in [6.07, 6.45) is 0. The zero-order valence-corrected chi connectivity index (χ0v) is 9.44.